The third-order valence-corrected chi connectivity index (χ3v) is 4.01. The molecule has 0 atom stereocenters. The molecule has 0 aliphatic carbocycles. The minimum Gasteiger partial charge on any atom is -0.426 e. The second-order valence-electron chi connectivity index (χ2n) is 6.44. The summed E-state index contributed by atoms with van der Waals surface area (Å²) in [6.45, 7) is 5.04. The van der Waals surface area contributed by atoms with Crippen LogP contribution in [0.4, 0.5) is 0 Å². The standard InChI is InChI=1S/C22H18O8/c1-11(23)27-19-5-6-20(28-12(2)24)16-10-18-17(9-15(16)19)21(29-13(3)25)7-8-22(18)30-14(4)26/h5-10H,1-4H3. The average Bonchev–Trinajstić information content (AvgIpc) is 2.63. The van der Waals surface area contributed by atoms with Gasteiger partial charge in [0.1, 0.15) is 23.0 Å². The van der Waals surface area contributed by atoms with E-state index in [4.69, 9.17) is 18.9 Å². The van der Waals surface area contributed by atoms with Crippen molar-refractivity contribution in [3.8, 4) is 23.0 Å². The molecule has 0 saturated carbocycles. The molecule has 0 radical (unpaired) electrons. The molecule has 3 rings (SSSR count). The van der Waals surface area contributed by atoms with Crippen LogP contribution in [0.1, 0.15) is 27.7 Å². The quantitative estimate of drug-likeness (QED) is 0.364. The molecule has 0 fully saturated rings. The molecule has 8 heteroatoms. The van der Waals surface area contributed by atoms with Gasteiger partial charge in [-0.2, -0.15) is 0 Å². The molecule has 0 N–H and O–H groups in total. The summed E-state index contributed by atoms with van der Waals surface area (Å²) in [6, 6.07) is 9.21. The summed E-state index contributed by atoms with van der Waals surface area (Å²) in [6.07, 6.45) is 0. The van der Waals surface area contributed by atoms with Crippen molar-refractivity contribution in [3.63, 3.8) is 0 Å². The molecule has 154 valence electrons. The Morgan fingerprint density at radius 3 is 0.833 bits per heavy atom. The Morgan fingerprint density at radius 2 is 0.667 bits per heavy atom. The van der Waals surface area contributed by atoms with Crippen molar-refractivity contribution in [3.05, 3.63) is 36.4 Å². The number of carbonyl (C=O) groups excluding carboxylic acids is 4. The first-order valence-corrected chi connectivity index (χ1v) is 8.93. The third kappa shape index (κ3) is 4.38. The van der Waals surface area contributed by atoms with Gasteiger partial charge in [-0.3, -0.25) is 19.2 Å². The van der Waals surface area contributed by atoms with Gasteiger partial charge in [-0.1, -0.05) is 0 Å². The highest BCUT2D eigenvalue weighted by Crippen LogP contribution is 2.42. The molecule has 0 heterocycles. The van der Waals surface area contributed by atoms with Gasteiger partial charge in [-0.25, -0.2) is 0 Å². The highest BCUT2D eigenvalue weighted by molar-refractivity contribution is 6.09. The number of fused-ring (bicyclic) bond motifs is 2. The van der Waals surface area contributed by atoms with Crippen molar-refractivity contribution >= 4 is 45.4 Å². The number of carbonyl (C=O) groups is 4. The van der Waals surface area contributed by atoms with Crippen molar-refractivity contribution in [1.29, 1.82) is 0 Å². The molecule has 0 aromatic heterocycles. The summed E-state index contributed by atoms with van der Waals surface area (Å²) in [4.78, 5) is 46.1. The largest absolute Gasteiger partial charge is 0.426 e. The fourth-order valence-electron chi connectivity index (χ4n) is 3.05. The monoisotopic (exact) mass is 410 g/mol. The van der Waals surface area contributed by atoms with E-state index in [2.05, 4.69) is 0 Å². The van der Waals surface area contributed by atoms with Crippen LogP contribution in [0, 0.1) is 0 Å². The van der Waals surface area contributed by atoms with Crippen LogP contribution in [-0.2, 0) is 19.2 Å². The Balaban J connectivity index is 2.41. The highest BCUT2D eigenvalue weighted by Gasteiger charge is 2.18. The van der Waals surface area contributed by atoms with E-state index < -0.39 is 23.9 Å². The van der Waals surface area contributed by atoms with E-state index in [1.165, 1.54) is 52.0 Å². The molecular weight excluding hydrogens is 392 g/mol. The summed E-state index contributed by atoms with van der Waals surface area (Å²) < 4.78 is 21.1. The molecule has 0 aliphatic heterocycles. The van der Waals surface area contributed by atoms with E-state index in [1.54, 1.807) is 12.1 Å². The zero-order valence-corrected chi connectivity index (χ0v) is 16.7. The summed E-state index contributed by atoms with van der Waals surface area (Å²) in [5.41, 5.74) is 0. The first-order chi connectivity index (χ1) is 14.2. The lowest BCUT2D eigenvalue weighted by Gasteiger charge is -2.15. The van der Waals surface area contributed by atoms with Crippen molar-refractivity contribution < 1.29 is 38.1 Å². The smallest absolute Gasteiger partial charge is 0.308 e. The molecule has 0 amide bonds. The van der Waals surface area contributed by atoms with Gasteiger partial charge in [0.05, 0.1) is 0 Å². The molecule has 0 bridgehead atoms. The van der Waals surface area contributed by atoms with Crippen LogP contribution < -0.4 is 18.9 Å². The lowest BCUT2D eigenvalue weighted by molar-refractivity contribution is -0.132. The van der Waals surface area contributed by atoms with Crippen molar-refractivity contribution in [2.24, 2.45) is 0 Å². The Bertz CT molecular complexity index is 1020. The van der Waals surface area contributed by atoms with Crippen LogP contribution in [0.2, 0.25) is 0 Å². The van der Waals surface area contributed by atoms with E-state index in [0.29, 0.717) is 21.5 Å². The average molecular weight is 410 g/mol. The summed E-state index contributed by atoms with van der Waals surface area (Å²) in [5, 5.41) is 1.74. The molecule has 30 heavy (non-hydrogen) atoms. The van der Waals surface area contributed by atoms with Crippen LogP contribution in [-0.4, -0.2) is 23.9 Å². The van der Waals surface area contributed by atoms with E-state index in [0.717, 1.165) is 0 Å². The van der Waals surface area contributed by atoms with Gasteiger partial charge in [0.2, 0.25) is 0 Å². The van der Waals surface area contributed by atoms with Crippen molar-refractivity contribution in [2.45, 2.75) is 27.7 Å². The predicted molar refractivity (Wildman–Crippen MR) is 107 cm³/mol. The van der Waals surface area contributed by atoms with Crippen LogP contribution in [0.3, 0.4) is 0 Å². The lowest BCUT2D eigenvalue weighted by Crippen LogP contribution is -2.06. The Hall–Kier alpha value is -3.94. The third-order valence-electron chi connectivity index (χ3n) is 4.01. The van der Waals surface area contributed by atoms with Gasteiger partial charge in [-0.15, -0.1) is 0 Å². The minimum absolute atomic E-state index is 0.224. The number of hydrogen-bond acceptors (Lipinski definition) is 8. The number of rotatable bonds is 4. The maximum atomic E-state index is 11.5. The molecular formula is C22H18O8. The molecule has 3 aromatic rings. The fraction of sp³-hybridized carbons (Fsp3) is 0.182. The van der Waals surface area contributed by atoms with E-state index in [9.17, 15) is 19.2 Å². The topological polar surface area (TPSA) is 105 Å². The van der Waals surface area contributed by atoms with E-state index in [1.807, 2.05) is 0 Å². The lowest BCUT2D eigenvalue weighted by atomic mass is 10.0. The SMILES string of the molecule is CC(=O)Oc1ccc(OC(C)=O)c2cc3c(OC(C)=O)ccc(OC(C)=O)c3cc12. The summed E-state index contributed by atoms with van der Waals surface area (Å²) in [5.74, 6) is -1.25. The number of esters is 4. The maximum absolute atomic E-state index is 11.5. The first-order valence-electron chi connectivity index (χ1n) is 8.93. The first kappa shape index (κ1) is 20.8. The summed E-state index contributed by atoms with van der Waals surface area (Å²) in [7, 11) is 0. The van der Waals surface area contributed by atoms with Gasteiger partial charge in [0.15, 0.2) is 0 Å². The zero-order chi connectivity index (χ0) is 22.0. The van der Waals surface area contributed by atoms with E-state index in [-0.39, 0.29) is 23.0 Å². The second-order valence-corrected chi connectivity index (χ2v) is 6.44. The number of hydrogen-bond donors (Lipinski definition) is 0. The molecule has 3 aromatic carbocycles. The van der Waals surface area contributed by atoms with Crippen LogP contribution in [0.25, 0.3) is 21.5 Å². The minimum atomic E-state index is -0.537. The fourth-order valence-corrected chi connectivity index (χ4v) is 3.05. The van der Waals surface area contributed by atoms with Gasteiger partial charge in [-0.05, 0) is 36.4 Å². The molecule has 8 nitrogen and oxygen atoms in total. The van der Waals surface area contributed by atoms with Crippen LogP contribution in [0.5, 0.6) is 23.0 Å². The number of ether oxygens (including phenoxy) is 4. The zero-order valence-electron chi connectivity index (χ0n) is 16.7. The van der Waals surface area contributed by atoms with Crippen LogP contribution >= 0.6 is 0 Å². The van der Waals surface area contributed by atoms with Gasteiger partial charge >= 0.3 is 23.9 Å². The maximum Gasteiger partial charge on any atom is 0.308 e. The Labute approximate surface area is 171 Å². The van der Waals surface area contributed by atoms with Gasteiger partial charge in [0, 0.05) is 49.2 Å². The highest BCUT2D eigenvalue weighted by atomic mass is 16.5. The molecule has 0 aliphatic rings. The normalized spacial score (nSPS) is 10.5. The van der Waals surface area contributed by atoms with Crippen molar-refractivity contribution in [1.82, 2.24) is 0 Å². The van der Waals surface area contributed by atoms with Crippen molar-refractivity contribution in [2.75, 3.05) is 0 Å². The number of benzene rings is 3. The second kappa shape index (κ2) is 8.20. The molecule has 0 saturated heterocycles. The Morgan fingerprint density at radius 1 is 0.467 bits per heavy atom. The predicted octanol–water partition coefficient (Wildman–Crippen LogP) is 3.69. The molecule has 0 unspecified atom stereocenters. The van der Waals surface area contributed by atoms with Gasteiger partial charge in [0.25, 0.3) is 0 Å². The molecule has 0 spiro atoms. The van der Waals surface area contributed by atoms with Gasteiger partial charge < -0.3 is 18.9 Å². The Kier molecular flexibility index (Phi) is 5.68. The van der Waals surface area contributed by atoms with Crippen LogP contribution in [0.15, 0.2) is 36.4 Å². The summed E-state index contributed by atoms with van der Waals surface area (Å²) >= 11 is 0. The van der Waals surface area contributed by atoms with E-state index >= 15 is 0 Å².